The van der Waals surface area contributed by atoms with Crippen molar-refractivity contribution >= 4 is 17.8 Å². The van der Waals surface area contributed by atoms with Gasteiger partial charge >= 0.3 is 5.97 Å². The number of amides is 2. The molecule has 0 spiro atoms. The average Bonchev–Trinajstić information content (AvgIpc) is 3.20. The van der Waals surface area contributed by atoms with E-state index >= 15 is 0 Å². The third kappa shape index (κ3) is 3.20. The molecule has 1 N–H and O–H groups in total. The first-order valence-corrected chi connectivity index (χ1v) is 9.00. The van der Waals surface area contributed by atoms with Gasteiger partial charge in [0.25, 0.3) is 0 Å². The lowest BCUT2D eigenvalue weighted by atomic mass is 10.0. The number of cyclic esters (lactones) is 1. The Morgan fingerprint density at radius 2 is 2.07 bits per heavy atom. The van der Waals surface area contributed by atoms with Crippen LogP contribution in [0.3, 0.4) is 0 Å². The number of likely N-dealkylation sites (tertiary alicyclic amines) is 1. The Kier molecular flexibility index (Phi) is 5.25. The summed E-state index contributed by atoms with van der Waals surface area (Å²) in [5.74, 6) is -0.408. The summed E-state index contributed by atoms with van der Waals surface area (Å²) < 4.78 is 16.0. The largest absolute Gasteiger partial charge is 0.493 e. The Morgan fingerprint density at radius 1 is 1.33 bits per heavy atom. The van der Waals surface area contributed by atoms with Crippen molar-refractivity contribution in [3.8, 4) is 11.5 Å². The van der Waals surface area contributed by atoms with Gasteiger partial charge in [-0.3, -0.25) is 14.5 Å². The minimum absolute atomic E-state index is 0.00202. The molecular weight excluding hydrogens is 352 g/mol. The van der Waals surface area contributed by atoms with Crippen molar-refractivity contribution in [3.05, 3.63) is 23.3 Å². The minimum atomic E-state index is -0.949. The van der Waals surface area contributed by atoms with Crippen LogP contribution >= 0.6 is 0 Å². The molecule has 0 radical (unpaired) electrons. The van der Waals surface area contributed by atoms with E-state index in [-0.39, 0.29) is 35.6 Å². The molecule has 1 fully saturated rings. The average molecular weight is 376 g/mol. The smallest absolute Gasteiger partial charge is 0.344 e. The normalized spacial score (nSPS) is 22.3. The topological polar surface area (TPSA) is 94.2 Å². The molecule has 2 amide bonds. The van der Waals surface area contributed by atoms with Crippen LogP contribution in [-0.2, 0) is 14.3 Å². The lowest BCUT2D eigenvalue weighted by Crippen LogP contribution is -2.48. The highest BCUT2D eigenvalue weighted by Gasteiger charge is 2.47. The van der Waals surface area contributed by atoms with E-state index in [1.165, 1.54) is 19.1 Å². The lowest BCUT2D eigenvalue weighted by molar-refractivity contribution is -0.146. The highest BCUT2D eigenvalue weighted by molar-refractivity contribution is 5.99. The molecule has 0 aromatic heterocycles. The summed E-state index contributed by atoms with van der Waals surface area (Å²) >= 11 is 0. The first-order valence-electron chi connectivity index (χ1n) is 9.00. The van der Waals surface area contributed by atoms with Crippen LogP contribution in [0.1, 0.15) is 55.3 Å². The SMILES string of the molecule is CC[C@@H](C)NC(=O)[C@@H]1CCC(=O)N1[C@@H]1OC(=O)c2c1ccc(OC)c2OC. The summed E-state index contributed by atoms with van der Waals surface area (Å²) in [6, 6.07) is 2.64. The van der Waals surface area contributed by atoms with Crippen LogP contribution in [0.25, 0.3) is 0 Å². The predicted octanol–water partition coefficient (Wildman–Crippen LogP) is 1.78. The first kappa shape index (κ1) is 19.0. The van der Waals surface area contributed by atoms with Crippen molar-refractivity contribution in [3.63, 3.8) is 0 Å². The van der Waals surface area contributed by atoms with Crippen LogP contribution < -0.4 is 14.8 Å². The zero-order valence-electron chi connectivity index (χ0n) is 15.9. The van der Waals surface area contributed by atoms with E-state index in [0.717, 1.165) is 6.42 Å². The van der Waals surface area contributed by atoms with E-state index in [4.69, 9.17) is 14.2 Å². The molecule has 27 heavy (non-hydrogen) atoms. The third-order valence-electron chi connectivity index (χ3n) is 5.08. The van der Waals surface area contributed by atoms with Crippen molar-refractivity contribution in [2.75, 3.05) is 14.2 Å². The summed E-state index contributed by atoms with van der Waals surface area (Å²) in [6.07, 6.45) is 0.451. The maximum atomic E-state index is 12.7. The van der Waals surface area contributed by atoms with Gasteiger partial charge in [0.2, 0.25) is 18.0 Å². The Labute approximate surface area is 157 Å². The van der Waals surface area contributed by atoms with Gasteiger partial charge < -0.3 is 19.5 Å². The van der Waals surface area contributed by atoms with Gasteiger partial charge in [-0.25, -0.2) is 4.79 Å². The van der Waals surface area contributed by atoms with Gasteiger partial charge in [-0.05, 0) is 31.9 Å². The van der Waals surface area contributed by atoms with Crippen molar-refractivity contribution in [1.82, 2.24) is 10.2 Å². The third-order valence-corrected chi connectivity index (χ3v) is 5.08. The highest BCUT2D eigenvalue weighted by atomic mass is 16.6. The molecule has 146 valence electrons. The second-order valence-corrected chi connectivity index (χ2v) is 6.70. The fourth-order valence-corrected chi connectivity index (χ4v) is 3.48. The van der Waals surface area contributed by atoms with Crippen LogP contribution in [0.4, 0.5) is 0 Å². The molecule has 3 atom stereocenters. The second kappa shape index (κ2) is 7.46. The Hall–Kier alpha value is -2.77. The van der Waals surface area contributed by atoms with Crippen LogP contribution in [0.5, 0.6) is 11.5 Å². The van der Waals surface area contributed by atoms with Crippen LogP contribution in [0, 0.1) is 0 Å². The summed E-state index contributed by atoms with van der Waals surface area (Å²) in [7, 11) is 2.91. The molecule has 1 aromatic carbocycles. The predicted molar refractivity (Wildman–Crippen MR) is 95.5 cm³/mol. The van der Waals surface area contributed by atoms with Gasteiger partial charge in [-0.2, -0.15) is 0 Å². The van der Waals surface area contributed by atoms with E-state index in [9.17, 15) is 14.4 Å². The van der Waals surface area contributed by atoms with E-state index < -0.39 is 18.2 Å². The number of fused-ring (bicyclic) bond motifs is 1. The van der Waals surface area contributed by atoms with Crippen molar-refractivity contribution in [1.29, 1.82) is 0 Å². The molecule has 3 rings (SSSR count). The number of nitrogens with zero attached hydrogens (tertiary/aromatic N) is 1. The standard InChI is InChI=1S/C19H24N2O6/c1-5-10(2)20-17(23)12-7-9-14(22)21(12)18-11-6-8-13(25-3)16(26-4)15(11)19(24)27-18/h6,8,10,12,18H,5,7,9H2,1-4H3,(H,20,23)/t10-,12+,18-/m1/s1. The number of carbonyl (C=O) groups excluding carboxylic acids is 3. The zero-order valence-corrected chi connectivity index (χ0v) is 15.9. The molecule has 1 saturated heterocycles. The molecule has 8 nitrogen and oxygen atoms in total. The van der Waals surface area contributed by atoms with E-state index in [2.05, 4.69) is 5.32 Å². The zero-order chi connectivity index (χ0) is 19.7. The Morgan fingerprint density at radius 3 is 2.70 bits per heavy atom. The van der Waals surface area contributed by atoms with Crippen molar-refractivity contribution < 1.29 is 28.6 Å². The number of methoxy groups -OCH3 is 2. The number of hydrogen-bond donors (Lipinski definition) is 1. The Balaban J connectivity index is 1.96. The van der Waals surface area contributed by atoms with Gasteiger partial charge in [0.05, 0.1) is 14.2 Å². The van der Waals surface area contributed by atoms with Crippen LogP contribution in [-0.4, -0.2) is 49.0 Å². The van der Waals surface area contributed by atoms with Gasteiger partial charge in [0, 0.05) is 18.0 Å². The van der Waals surface area contributed by atoms with E-state index in [0.29, 0.717) is 17.7 Å². The molecule has 2 aliphatic rings. The fourth-order valence-electron chi connectivity index (χ4n) is 3.48. The minimum Gasteiger partial charge on any atom is -0.493 e. The fraction of sp³-hybridized carbons (Fsp3) is 0.526. The van der Waals surface area contributed by atoms with E-state index in [1.807, 2.05) is 13.8 Å². The summed E-state index contributed by atoms with van der Waals surface area (Å²) in [4.78, 5) is 39.0. The number of rotatable bonds is 6. The van der Waals surface area contributed by atoms with Crippen molar-refractivity contribution in [2.24, 2.45) is 0 Å². The number of esters is 1. The lowest BCUT2D eigenvalue weighted by Gasteiger charge is -2.30. The summed E-state index contributed by atoms with van der Waals surface area (Å²) in [5.41, 5.74) is 0.719. The first-order chi connectivity index (χ1) is 12.9. The number of ether oxygens (including phenoxy) is 3. The highest BCUT2D eigenvalue weighted by Crippen LogP contribution is 2.45. The molecule has 8 heteroatoms. The quantitative estimate of drug-likeness (QED) is 0.761. The second-order valence-electron chi connectivity index (χ2n) is 6.70. The number of benzene rings is 1. The molecule has 0 saturated carbocycles. The summed E-state index contributed by atoms with van der Waals surface area (Å²) in [5, 5.41) is 2.90. The molecule has 1 aromatic rings. The molecular formula is C19H24N2O6. The maximum Gasteiger partial charge on any atom is 0.344 e. The molecule has 0 aliphatic carbocycles. The molecule has 0 unspecified atom stereocenters. The van der Waals surface area contributed by atoms with Gasteiger partial charge in [-0.1, -0.05) is 6.92 Å². The molecule has 2 heterocycles. The summed E-state index contributed by atoms with van der Waals surface area (Å²) in [6.45, 7) is 3.87. The number of carbonyl (C=O) groups is 3. The van der Waals surface area contributed by atoms with Gasteiger partial charge in [0.1, 0.15) is 11.6 Å². The monoisotopic (exact) mass is 376 g/mol. The van der Waals surface area contributed by atoms with E-state index in [1.54, 1.807) is 12.1 Å². The number of hydrogen-bond acceptors (Lipinski definition) is 6. The Bertz CT molecular complexity index is 778. The van der Waals surface area contributed by atoms with Crippen LogP contribution in [0.2, 0.25) is 0 Å². The van der Waals surface area contributed by atoms with Crippen LogP contribution in [0.15, 0.2) is 12.1 Å². The maximum absolute atomic E-state index is 12.7. The van der Waals surface area contributed by atoms with Crippen molar-refractivity contribution in [2.45, 2.75) is 51.4 Å². The molecule has 0 bridgehead atoms. The van der Waals surface area contributed by atoms with Gasteiger partial charge in [0.15, 0.2) is 11.5 Å². The molecule has 2 aliphatic heterocycles. The van der Waals surface area contributed by atoms with Gasteiger partial charge in [-0.15, -0.1) is 0 Å². The number of nitrogens with one attached hydrogen (secondary N) is 1.